The molecule has 16 heteroatoms. The molecule has 2 aromatic carbocycles. The molecule has 0 N–H and O–H groups in total. The van der Waals surface area contributed by atoms with Gasteiger partial charge >= 0.3 is 12.1 Å². The van der Waals surface area contributed by atoms with Gasteiger partial charge in [-0.25, -0.2) is 13.6 Å². The average molecular weight is 943 g/mol. The molecule has 1 amide bonds. The van der Waals surface area contributed by atoms with Crippen LogP contribution in [0, 0.1) is 23.1 Å². The summed E-state index contributed by atoms with van der Waals surface area (Å²) in [4.78, 5) is 33.6. The highest BCUT2D eigenvalue weighted by atomic mass is 28.3. The maximum atomic E-state index is 18.0. The third-order valence-electron chi connectivity index (χ3n) is 14.3. The van der Waals surface area contributed by atoms with Crippen molar-refractivity contribution in [3.05, 3.63) is 71.5 Å². The highest BCUT2D eigenvalue weighted by Crippen LogP contribution is 2.46. The Bertz CT molecular complexity index is 2670. The summed E-state index contributed by atoms with van der Waals surface area (Å²) in [7, 11) is -0.868. The van der Waals surface area contributed by atoms with Gasteiger partial charge in [0.1, 0.15) is 48.9 Å². The van der Waals surface area contributed by atoms with E-state index >= 15 is 8.78 Å². The van der Waals surface area contributed by atoms with Crippen molar-refractivity contribution in [2.75, 3.05) is 51.6 Å². The second kappa shape index (κ2) is 18.3. The summed E-state index contributed by atoms with van der Waals surface area (Å²) in [5.74, 6) is 2.64. The first-order valence-corrected chi connectivity index (χ1v) is 25.5. The molecular weight excluding hydrogens is 881 g/mol. The van der Waals surface area contributed by atoms with Crippen LogP contribution in [0.1, 0.15) is 93.6 Å². The van der Waals surface area contributed by atoms with E-state index < -0.39 is 36.9 Å². The molecule has 4 fully saturated rings. The molecule has 6 heterocycles. The molecule has 11 nitrogen and oxygen atoms in total. The van der Waals surface area contributed by atoms with Gasteiger partial charge in [0.25, 0.3) is 6.08 Å². The molecular formula is C51H62F4N6O5Si. The van der Waals surface area contributed by atoms with Crippen LogP contribution in [0.15, 0.2) is 54.3 Å². The summed E-state index contributed by atoms with van der Waals surface area (Å²) in [5, 5.41) is 1.22. The standard InChI is InChI=1S/C51H62F4N6O5Si/c1-29(2)67(30(3)4,31(5)6)17-16-38-41(52)15-12-33-18-37(65-28-63-11)19-39(42(33)38)44-43(53)45-40(22-56-44)47(59-25-35-13-14-36(26-59)61(35)49(62)66-50(8,9)10)58-48(57-45)64-27-51-20-32(7)23-60(51)24-34(21-51)46(54)55/h12,15,18-19,22,29-31,35-36H,7,13-14,20-21,23-28H2,1-6,8-11H3/t35-,36+,51?. The van der Waals surface area contributed by atoms with Crippen molar-refractivity contribution in [3.8, 4) is 34.5 Å². The Morgan fingerprint density at radius 2 is 1.66 bits per heavy atom. The molecule has 0 saturated carbocycles. The highest BCUT2D eigenvalue weighted by molar-refractivity contribution is 6.90. The Balaban J connectivity index is 1.30. The molecule has 1 unspecified atom stereocenters. The van der Waals surface area contributed by atoms with Crippen molar-refractivity contribution >= 4 is 41.7 Å². The predicted molar refractivity (Wildman–Crippen MR) is 255 cm³/mol. The van der Waals surface area contributed by atoms with Crippen LogP contribution in [0.2, 0.25) is 16.6 Å². The molecule has 0 spiro atoms. The molecule has 4 saturated heterocycles. The summed E-state index contributed by atoms with van der Waals surface area (Å²) >= 11 is 0. The molecule has 2 aromatic heterocycles. The largest absolute Gasteiger partial charge is 0.468 e. The molecule has 2 bridgehead atoms. The summed E-state index contributed by atoms with van der Waals surface area (Å²) < 4.78 is 85.8. The normalized spacial score (nSPS) is 21.0. The maximum absolute atomic E-state index is 18.0. The lowest BCUT2D eigenvalue weighted by atomic mass is 9.92. The van der Waals surface area contributed by atoms with E-state index in [-0.39, 0.29) is 95.1 Å². The Morgan fingerprint density at radius 1 is 0.970 bits per heavy atom. The number of piperazine rings is 1. The Kier molecular flexibility index (Phi) is 13.2. The first-order valence-electron chi connectivity index (χ1n) is 23.3. The van der Waals surface area contributed by atoms with E-state index in [2.05, 4.69) is 59.6 Å². The molecule has 8 rings (SSSR count). The van der Waals surface area contributed by atoms with E-state index in [9.17, 15) is 13.6 Å². The van der Waals surface area contributed by atoms with E-state index in [1.54, 1.807) is 23.1 Å². The van der Waals surface area contributed by atoms with Gasteiger partial charge in [-0.3, -0.25) is 14.8 Å². The Hall–Kier alpha value is -5.24. The van der Waals surface area contributed by atoms with Gasteiger partial charge in [-0.15, -0.1) is 5.54 Å². The number of aromatic nitrogens is 3. The number of hydrogen-bond donors (Lipinski definition) is 0. The van der Waals surface area contributed by atoms with E-state index in [4.69, 9.17) is 33.9 Å². The Morgan fingerprint density at radius 3 is 2.28 bits per heavy atom. The van der Waals surface area contributed by atoms with Gasteiger partial charge in [0.15, 0.2) is 12.6 Å². The van der Waals surface area contributed by atoms with Crippen molar-refractivity contribution in [3.63, 3.8) is 0 Å². The van der Waals surface area contributed by atoms with Gasteiger partial charge in [0.2, 0.25) is 0 Å². The molecule has 358 valence electrons. The minimum Gasteiger partial charge on any atom is -0.468 e. The number of benzene rings is 2. The monoisotopic (exact) mass is 942 g/mol. The van der Waals surface area contributed by atoms with E-state index in [1.165, 1.54) is 19.4 Å². The van der Waals surface area contributed by atoms with E-state index in [0.29, 0.717) is 53.8 Å². The van der Waals surface area contributed by atoms with Crippen LogP contribution in [-0.2, 0) is 9.47 Å². The number of carbonyl (C=O) groups is 1. The number of ether oxygens (including phenoxy) is 4. The lowest BCUT2D eigenvalue weighted by Crippen LogP contribution is -2.57. The van der Waals surface area contributed by atoms with Crippen molar-refractivity contribution in [2.45, 2.75) is 128 Å². The number of halogens is 4. The highest BCUT2D eigenvalue weighted by Gasteiger charge is 2.50. The van der Waals surface area contributed by atoms with Crippen LogP contribution < -0.4 is 14.4 Å². The second-order valence-electron chi connectivity index (χ2n) is 20.7. The van der Waals surface area contributed by atoms with Crippen LogP contribution in [0.25, 0.3) is 32.9 Å². The van der Waals surface area contributed by atoms with E-state index in [1.807, 2.05) is 30.6 Å². The molecule has 4 aliphatic rings. The molecule has 0 aliphatic carbocycles. The first-order chi connectivity index (χ1) is 31.7. The predicted octanol–water partition coefficient (Wildman–Crippen LogP) is 11.2. The zero-order valence-electron chi connectivity index (χ0n) is 40.3. The first kappa shape index (κ1) is 48.2. The topological polar surface area (TPSA) is 102 Å². The van der Waals surface area contributed by atoms with Gasteiger partial charge in [0, 0.05) is 56.0 Å². The molecule has 3 atom stereocenters. The van der Waals surface area contributed by atoms with Gasteiger partial charge in [0.05, 0.1) is 28.6 Å². The van der Waals surface area contributed by atoms with Crippen molar-refractivity contribution in [2.24, 2.45) is 0 Å². The van der Waals surface area contributed by atoms with Crippen molar-refractivity contribution in [1.82, 2.24) is 24.8 Å². The minimum atomic E-state index is -2.36. The fourth-order valence-corrected chi connectivity index (χ4v) is 16.6. The number of rotatable bonds is 11. The fourth-order valence-electron chi connectivity index (χ4n) is 11.4. The summed E-state index contributed by atoms with van der Waals surface area (Å²) in [6.07, 6.45) is 1.41. The Labute approximate surface area is 391 Å². The molecule has 0 radical (unpaired) electrons. The maximum Gasteiger partial charge on any atom is 0.410 e. The third-order valence-corrected chi connectivity index (χ3v) is 20.6. The van der Waals surface area contributed by atoms with Crippen LogP contribution in [0.4, 0.5) is 28.2 Å². The van der Waals surface area contributed by atoms with Crippen LogP contribution in [-0.4, -0.2) is 109 Å². The number of methoxy groups -OCH3 is 1. The summed E-state index contributed by atoms with van der Waals surface area (Å²) in [6.45, 7) is 23.9. The number of amides is 1. The van der Waals surface area contributed by atoms with Crippen molar-refractivity contribution < 1.29 is 41.3 Å². The second-order valence-corrected chi connectivity index (χ2v) is 26.3. The molecule has 4 aromatic rings. The van der Waals surface area contributed by atoms with Crippen LogP contribution in [0.3, 0.4) is 0 Å². The number of hydrogen-bond acceptors (Lipinski definition) is 10. The SMILES string of the molecule is C=C1CN2CC(=C(F)F)CC2(COc2nc(N3C[C@H]4CC[C@@H](C3)N4C(=O)OC(C)(C)C)c3cnc(-c4cc(OCOC)cc5ccc(F)c(C#C[Si](C(C)C)(C(C)C)C(C)C)c45)c(F)c3n2)C1. The number of pyridine rings is 1. The lowest BCUT2D eigenvalue weighted by Gasteiger charge is -2.42. The molecule has 4 aliphatic heterocycles. The fraction of sp³-hybridized carbons (Fsp3) is 0.529. The van der Waals surface area contributed by atoms with Gasteiger partial charge in [-0.2, -0.15) is 18.7 Å². The number of nitrogens with zero attached hydrogens (tertiary/aromatic N) is 6. The van der Waals surface area contributed by atoms with E-state index in [0.717, 1.165) is 18.4 Å². The number of carbonyl (C=O) groups excluding carboxylic acids is 1. The zero-order chi connectivity index (χ0) is 48.3. The number of fused-ring (bicyclic) bond motifs is 5. The third kappa shape index (κ3) is 8.99. The number of anilines is 1. The zero-order valence-corrected chi connectivity index (χ0v) is 41.3. The van der Waals surface area contributed by atoms with Gasteiger partial charge in [-0.05, 0) is 86.7 Å². The minimum absolute atomic E-state index is 0.0476. The van der Waals surface area contributed by atoms with Gasteiger partial charge < -0.3 is 23.8 Å². The van der Waals surface area contributed by atoms with Gasteiger partial charge in [-0.1, -0.05) is 65.7 Å². The van der Waals surface area contributed by atoms with Crippen molar-refractivity contribution in [1.29, 1.82) is 0 Å². The summed E-state index contributed by atoms with van der Waals surface area (Å²) in [5.41, 5.74) is 4.09. The average Bonchev–Trinajstić information content (AvgIpc) is 3.86. The van der Waals surface area contributed by atoms with Crippen LogP contribution in [0.5, 0.6) is 11.8 Å². The lowest BCUT2D eigenvalue weighted by molar-refractivity contribution is 0.0122. The van der Waals surface area contributed by atoms with Crippen LogP contribution >= 0.6 is 0 Å². The smallest absolute Gasteiger partial charge is 0.410 e. The quantitative estimate of drug-likeness (QED) is 0.0475. The summed E-state index contributed by atoms with van der Waals surface area (Å²) in [6, 6.07) is 5.77. The molecule has 67 heavy (non-hydrogen) atoms.